The van der Waals surface area contributed by atoms with E-state index in [0.717, 1.165) is 11.1 Å². The fourth-order valence-corrected chi connectivity index (χ4v) is 3.87. The van der Waals surface area contributed by atoms with Crippen LogP contribution in [0.2, 0.25) is 5.02 Å². The van der Waals surface area contributed by atoms with Gasteiger partial charge in [0, 0.05) is 34.6 Å². The molecule has 0 spiro atoms. The third-order valence-corrected chi connectivity index (χ3v) is 5.84. The average Bonchev–Trinajstić information content (AvgIpc) is 3.66. The van der Waals surface area contributed by atoms with Crippen molar-refractivity contribution in [2.24, 2.45) is 0 Å². The molecule has 0 atom stereocenters. The van der Waals surface area contributed by atoms with E-state index in [0.29, 0.717) is 51.7 Å². The molecule has 0 unspecified atom stereocenters. The number of ether oxygens (including phenoxy) is 2. The van der Waals surface area contributed by atoms with Gasteiger partial charge >= 0.3 is 0 Å². The quantitative estimate of drug-likeness (QED) is 0.339. The highest BCUT2D eigenvalue weighted by Crippen LogP contribution is 2.32. The number of halogens is 1. The molecule has 1 N–H and O–H groups in total. The summed E-state index contributed by atoms with van der Waals surface area (Å²) in [7, 11) is 0. The average molecular weight is 500 g/mol. The van der Waals surface area contributed by atoms with Crippen LogP contribution in [-0.2, 0) is 6.54 Å². The number of anilines is 1. The Morgan fingerprint density at radius 2 is 1.81 bits per heavy atom. The highest BCUT2D eigenvalue weighted by atomic mass is 35.5. The van der Waals surface area contributed by atoms with Gasteiger partial charge in [-0.1, -0.05) is 28.9 Å². The minimum atomic E-state index is -0.224. The molecule has 3 aromatic carbocycles. The van der Waals surface area contributed by atoms with Crippen LogP contribution < -0.4 is 14.8 Å². The summed E-state index contributed by atoms with van der Waals surface area (Å²) in [5.41, 5.74) is 3.60. The fourth-order valence-electron chi connectivity index (χ4n) is 3.75. The van der Waals surface area contributed by atoms with Gasteiger partial charge in [0.25, 0.3) is 11.8 Å². The summed E-state index contributed by atoms with van der Waals surface area (Å²) in [4.78, 5) is 21.4. The van der Waals surface area contributed by atoms with Crippen molar-refractivity contribution in [2.75, 3.05) is 12.1 Å². The van der Waals surface area contributed by atoms with Gasteiger partial charge in [0.15, 0.2) is 11.5 Å². The lowest BCUT2D eigenvalue weighted by Crippen LogP contribution is -2.11. The number of rotatable bonds is 6. The SMILES string of the molecule is O=C(Nc1ccc(Cn2cnc(-c3nc(-c4ccc(Cl)cc4)no3)c2)cc1)c1ccc2c(c1)OCO2. The van der Waals surface area contributed by atoms with Gasteiger partial charge in [-0.15, -0.1) is 0 Å². The maximum atomic E-state index is 12.6. The van der Waals surface area contributed by atoms with Crippen molar-refractivity contribution in [3.05, 3.63) is 95.4 Å². The summed E-state index contributed by atoms with van der Waals surface area (Å²) in [6.07, 6.45) is 3.55. The zero-order valence-corrected chi connectivity index (χ0v) is 19.5. The molecule has 0 saturated heterocycles. The van der Waals surface area contributed by atoms with Gasteiger partial charge < -0.3 is 23.9 Å². The number of aromatic nitrogens is 4. The van der Waals surface area contributed by atoms with Crippen LogP contribution in [-0.4, -0.2) is 32.4 Å². The molecule has 0 radical (unpaired) electrons. The van der Waals surface area contributed by atoms with Crippen molar-refractivity contribution in [3.63, 3.8) is 0 Å². The van der Waals surface area contributed by atoms with Crippen LogP contribution in [0.3, 0.4) is 0 Å². The normalized spacial score (nSPS) is 12.0. The van der Waals surface area contributed by atoms with Crippen molar-refractivity contribution < 1.29 is 18.8 Å². The first-order valence-electron chi connectivity index (χ1n) is 11.0. The lowest BCUT2D eigenvalue weighted by atomic mass is 10.1. The van der Waals surface area contributed by atoms with Gasteiger partial charge in [0.1, 0.15) is 5.69 Å². The van der Waals surface area contributed by atoms with Gasteiger partial charge in [-0.05, 0) is 60.2 Å². The fraction of sp³-hybridized carbons (Fsp3) is 0.0769. The second-order valence-corrected chi connectivity index (χ2v) is 8.52. The van der Waals surface area contributed by atoms with E-state index in [4.69, 9.17) is 25.6 Å². The lowest BCUT2D eigenvalue weighted by molar-refractivity contribution is 0.102. The number of carbonyl (C=O) groups excluding carboxylic acids is 1. The summed E-state index contributed by atoms with van der Waals surface area (Å²) in [6, 6.07) is 19.9. The molecule has 0 saturated carbocycles. The molecule has 0 bridgehead atoms. The minimum Gasteiger partial charge on any atom is -0.454 e. The van der Waals surface area contributed by atoms with E-state index in [-0.39, 0.29) is 12.7 Å². The van der Waals surface area contributed by atoms with E-state index in [1.54, 1.807) is 36.7 Å². The van der Waals surface area contributed by atoms with Crippen LogP contribution >= 0.6 is 11.6 Å². The number of imidazole rings is 1. The van der Waals surface area contributed by atoms with Crippen LogP contribution in [0.15, 0.2) is 83.8 Å². The van der Waals surface area contributed by atoms with Gasteiger partial charge in [0.2, 0.25) is 12.6 Å². The van der Waals surface area contributed by atoms with Crippen LogP contribution in [0.5, 0.6) is 11.5 Å². The van der Waals surface area contributed by atoms with Crippen molar-refractivity contribution in [1.29, 1.82) is 0 Å². The molecule has 1 aliphatic heterocycles. The number of nitrogens with one attached hydrogen (secondary N) is 1. The summed E-state index contributed by atoms with van der Waals surface area (Å²) < 4.78 is 17.9. The number of nitrogens with zero attached hydrogens (tertiary/aromatic N) is 4. The Kier molecular flexibility index (Phi) is 5.59. The zero-order chi connectivity index (χ0) is 24.5. The summed E-state index contributed by atoms with van der Waals surface area (Å²) in [6.45, 7) is 0.751. The van der Waals surface area contributed by atoms with E-state index in [2.05, 4.69) is 20.4 Å². The highest BCUT2D eigenvalue weighted by Gasteiger charge is 2.17. The van der Waals surface area contributed by atoms with Crippen molar-refractivity contribution >= 4 is 23.2 Å². The second-order valence-electron chi connectivity index (χ2n) is 8.08. The maximum Gasteiger partial charge on any atom is 0.278 e. The van der Waals surface area contributed by atoms with E-state index < -0.39 is 0 Å². The molecule has 0 aliphatic carbocycles. The topological polar surface area (TPSA) is 104 Å². The highest BCUT2D eigenvalue weighted by molar-refractivity contribution is 6.30. The molecular formula is C26H18ClN5O4. The van der Waals surface area contributed by atoms with Crippen LogP contribution in [0.4, 0.5) is 5.69 Å². The molecule has 9 nitrogen and oxygen atoms in total. The first kappa shape index (κ1) is 21.9. The third-order valence-electron chi connectivity index (χ3n) is 5.59. The molecule has 5 aromatic rings. The molecule has 1 aliphatic rings. The third kappa shape index (κ3) is 4.51. The number of carbonyl (C=O) groups is 1. The molecule has 6 rings (SSSR count). The van der Waals surface area contributed by atoms with Gasteiger partial charge in [-0.2, -0.15) is 4.98 Å². The first-order valence-corrected chi connectivity index (χ1v) is 11.4. The zero-order valence-electron chi connectivity index (χ0n) is 18.7. The number of hydrogen-bond donors (Lipinski definition) is 1. The Morgan fingerprint density at radius 3 is 2.64 bits per heavy atom. The molecule has 178 valence electrons. The van der Waals surface area contributed by atoms with Crippen molar-refractivity contribution in [2.45, 2.75) is 6.54 Å². The molecule has 2 aromatic heterocycles. The first-order chi connectivity index (χ1) is 17.6. The molecule has 1 amide bonds. The van der Waals surface area contributed by atoms with Crippen LogP contribution in [0.25, 0.3) is 23.0 Å². The lowest BCUT2D eigenvalue weighted by Gasteiger charge is -2.08. The Balaban J connectivity index is 1.10. The second kappa shape index (κ2) is 9.20. The summed E-state index contributed by atoms with van der Waals surface area (Å²) >= 11 is 5.94. The Labute approximate surface area is 210 Å². The number of fused-ring (bicyclic) bond motifs is 1. The van der Waals surface area contributed by atoms with Gasteiger partial charge in [-0.25, -0.2) is 4.98 Å². The largest absolute Gasteiger partial charge is 0.454 e. The molecule has 3 heterocycles. The molecule has 0 fully saturated rings. The number of benzene rings is 3. The summed E-state index contributed by atoms with van der Waals surface area (Å²) in [5, 5.41) is 7.57. The van der Waals surface area contributed by atoms with E-state index in [1.165, 1.54) is 0 Å². The number of hydrogen-bond acceptors (Lipinski definition) is 7. The molecule has 36 heavy (non-hydrogen) atoms. The molecule has 10 heteroatoms. The van der Waals surface area contributed by atoms with Gasteiger partial charge in [-0.3, -0.25) is 4.79 Å². The molecular weight excluding hydrogens is 482 g/mol. The smallest absolute Gasteiger partial charge is 0.278 e. The standard InChI is InChI=1S/C26H18ClN5O4/c27-19-6-3-17(4-7-19)24-30-26(36-31-24)21-13-32(14-28-21)12-16-1-8-20(9-2-16)29-25(33)18-5-10-22-23(11-18)35-15-34-22/h1-11,13-14H,12,15H2,(H,29,33). The van der Waals surface area contributed by atoms with Gasteiger partial charge in [0.05, 0.1) is 6.33 Å². The van der Waals surface area contributed by atoms with Crippen molar-refractivity contribution in [1.82, 2.24) is 19.7 Å². The van der Waals surface area contributed by atoms with Crippen LogP contribution in [0.1, 0.15) is 15.9 Å². The predicted octanol–water partition coefficient (Wildman–Crippen LogP) is 5.28. The Morgan fingerprint density at radius 1 is 1.00 bits per heavy atom. The number of amides is 1. The predicted molar refractivity (Wildman–Crippen MR) is 132 cm³/mol. The maximum absolute atomic E-state index is 12.6. The van der Waals surface area contributed by atoms with Crippen molar-refractivity contribution in [3.8, 4) is 34.5 Å². The van der Waals surface area contributed by atoms with E-state index in [9.17, 15) is 4.79 Å². The Bertz CT molecular complexity index is 1540. The Hall–Kier alpha value is -4.63. The monoisotopic (exact) mass is 499 g/mol. The summed E-state index contributed by atoms with van der Waals surface area (Å²) in [5.74, 6) is 1.78. The van der Waals surface area contributed by atoms with Crippen LogP contribution in [0, 0.1) is 0 Å². The van der Waals surface area contributed by atoms with E-state index in [1.807, 2.05) is 47.2 Å². The minimum absolute atomic E-state index is 0.166. The van der Waals surface area contributed by atoms with E-state index >= 15 is 0 Å².